The highest BCUT2D eigenvalue weighted by Gasteiger charge is 2.09. The molecule has 21 heavy (non-hydrogen) atoms. The number of hydrogen-bond acceptors (Lipinski definition) is 3. The molecule has 0 saturated carbocycles. The van der Waals surface area contributed by atoms with Gasteiger partial charge in [0.25, 0.3) is 0 Å². The van der Waals surface area contributed by atoms with Crippen LogP contribution in [0.5, 0.6) is 0 Å². The van der Waals surface area contributed by atoms with Crippen LogP contribution in [0.3, 0.4) is 0 Å². The van der Waals surface area contributed by atoms with Gasteiger partial charge in [-0.3, -0.25) is 0 Å². The lowest BCUT2D eigenvalue weighted by molar-refractivity contribution is 0.608. The lowest BCUT2D eigenvalue weighted by atomic mass is 10.1. The van der Waals surface area contributed by atoms with Crippen LogP contribution in [0.1, 0.15) is 35.0 Å². The fourth-order valence-electron chi connectivity index (χ4n) is 2.19. The summed E-state index contributed by atoms with van der Waals surface area (Å²) in [4.78, 5) is 8.66. The van der Waals surface area contributed by atoms with Crippen LogP contribution < -0.4 is 5.32 Å². The highest BCUT2D eigenvalue weighted by Crippen LogP contribution is 2.21. The zero-order chi connectivity index (χ0) is 15.6. The first-order chi connectivity index (χ1) is 9.92. The molecule has 1 heterocycles. The Morgan fingerprint density at radius 1 is 1.14 bits per heavy atom. The smallest absolute Gasteiger partial charge is 0.137 e. The normalized spacial score (nSPS) is 10.8. The molecule has 0 saturated heterocycles. The third kappa shape index (κ3) is 3.50. The van der Waals surface area contributed by atoms with Gasteiger partial charge in [-0.2, -0.15) is 0 Å². The van der Waals surface area contributed by atoms with E-state index in [1.165, 1.54) is 0 Å². The minimum Gasteiger partial charge on any atom is -0.366 e. The van der Waals surface area contributed by atoms with E-state index in [0.29, 0.717) is 28.6 Å². The van der Waals surface area contributed by atoms with Gasteiger partial charge in [-0.15, -0.1) is 0 Å². The molecule has 1 aromatic carbocycles. The van der Waals surface area contributed by atoms with Crippen molar-refractivity contribution in [1.29, 1.82) is 0 Å². The molecule has 1 N–H and O–H groups in total. The topological polar surface area (TPSA) is 37.8 Å². The predicted octanol–water partition coefficient (Wildman–Crippen LogP) is 4.37. The van der Waals surface area contributed by atoms with Gasteiger partial charge in [-0.25, -0.2) is 14.4 Å². The third-order valence-corrected chi connectivity index (χ3v) is 3.77. The molecule has 0 atom stereocenters. The molecule has 0 aliphatic heterocycles. The summed E-state index contributed by atoms with van der Waals surface area (Å²) >= 11 is 6.11. The second-order valence-electron chi connectivity index (χ2n) is 5.15. The molecule has 1 aromatic heterocycles. The number of anilines is 1. The molecule has 0 fully saturated rings. The number of halogens is 2. The van der Waals surface area contributed by atoms with Gasteiger partial charge in [-0.05, 0) is 37.5 Å². The Balaban J connectivity index is 2.22. The van der Waals surface area contributed by atoms with Crippen molar-refractivity contribution in [2.24, 2.45) is 0 Å². The first-order valence-electron chi connectivity index (χ1n) is 6.94. The fraction of sp³-hybridized carbons (Fsp3) is 0.375. The summed E-state index contributed by atoms with van der Waals surface area (Å²) in [6.45, 7) is 7.98. The first kappa shape index (κ1) is 15.7. The number of hydrogen-bond donors (Lipinski definition) is 1. The van der Waals surface area contributed by atoms with E-state index in [-0.39, 0.29) is 5.82 Å². The molecule has 0 bridgehead atoms. The van der Waals surface area contributed by atoms with E-state index in [1.54, 1.807) is 13.8 Å². The van der Waals surface area contributed by atoms with Gasteiger partial charge in [0.05, 0.1) is 0 Å². The Labute approximate surface area is 129 Å². The SMILES string of the molecule is CCc1nc(Cl)c(C)c(NCc2cc(C)c(F)c(C)c2)n1. The number of nitrogens with one attached hydrogen (secondary N) is 1. The summed E-state index contributed by atoms with van der Waals surface area (Å²) in [6, 6.07) is 3.68. The molecule has 2 rings (SSSR count). The van der Waals surface area contributed by atoms with Gasteiger partial charge >= 0.3 is 0 Å². The quantitative estimate of drug-likeness (QED) is 0.852. The van der Waals surface area contributed by atoms with E-state index < -0.39 is 0 Å². The molecule has 0 amide bonds. The molecule has 3 nitrogen and oxygen atoms in total. The highest BCUT2D eigenvalue weighted by molar-refractivity contribution is 6.30. The number of rotatable bonds is 4. The van der Waals surface area contributed by atoms with Crippen LogP contribution in [0.25, 0.3) is 0 Å². The van der Waals surface area contributed by atoms with Crippen LogP contribution in [0, 0.1) is 26.6 Å². The number of aryl methyl sites for hydroxylation is 3. The van der Waals surface area contributed by atoms with Crippen molar-refractivity contribution in [2.75, 3.05) is 5.32 Å². The maximum absolute atomic E-state index is 13.6. The van der Waals surface area contributed by atoms with Crippen molar-refractivity contribution < 1.29 is 4.39 Å². The Hall–Kier alpha value is -1.68. The molecule has 0 radical (unpaired) electrons. The Morgan fingerprint density at radius 3 is 2.33 bits per heavy atom. The maximum atomic E-state index is 13.6. The van der Waals surface area contributed by atoms with Gasteiger partial charge in [0, 0.05) is 18.5 Å². The molecule has 5 heteroatoms. The molecule has 0 aliphatic rings. The second-order valence-corrected chi connectivity index (χ2v) is 5.51. The zero-order valence-corrected chi connectivity index (χ0v) is 13.5. The Kier molecular flexibility index (Phi) is 4.78. The summed E-state index contributed by atoms with van der Waals surface area (Å²) in [5.41, 5.74) is 3.14. The van der Waals surface area contributed by atoms with Crippen LogP contribution in [-0.2, 0) is 13.0 Å². The van der Waals surface area contributed by atoms with Gasteiger partial charge in [0.15, 0.2) is 0 Å². The molecular formula is C16H19ClFN3. The van der Waals surface area contributed by atoms with Crippen LogP contribution in [0.15, 0.2) is 12.1 Å². The van der Waals surface area contributed by atoms with Crippen LogP contribution in [0.2, 0.25) is 5.15 Å². The average molecular weight is 308 g/mol. The van der Waals surface area contributed by atoms with Crippen molar-refractivity contribution in [2.45, 2.75) is 40.7 Å². The zero-order valence-electron chi connectivity index (χ0n) is 12.7. The van der Waals surface area contributed by atoms with E-state index in [9.17, 15) is 4.39 Å². The fourth-order valence-corrected chi connectivity index (χ4v) is 2.37. The van der Waals surface area contributed by atoms with Gasteiger partial charge in [0.2, 0.25) is 0 Å². The summed E-state index contributed by atoms with van der Waals surface area (Å²) < 4.78 is 13.6. The summed E-state index contributed by atoms with van der Waals surface area (Å²) in [6.07, 6.45) is 0.726. The molecule has 0 aliphatic carbocycles. The number of benzene rings is 1. The molecule has 2 aromatic rings. The van der Waals surface area contributed by atoms with E-state index in [1.807, 2.05) is 26.0 Å². The van der Waals surface area contributed by atoms with E-state index in [2.05, 4.69) is 15.3 Å². The van der Waals surface area contributed by atoms with E-state index in [4.69, 9.17) is 11.6 Å². The van der Waals surface area contributed by atoms with E-state index >= 15 is 0 Å². The van der Waals surface area contributed by atoms with E-state index in [0.717, 1.165) is 23.4 Å². The lowest BCUT2D eigenvalue weighted by Crippen LogP contribution is -2.07. The molecular weight excluding hydrogens is 289 g/mol. The Morgan fingerprint density at radius 2 is 1.76 bits per heavy atom. The predicted molar refractivity (Wildman–Crippen MR) is 84.4 cm³/mol. The summed E-state index contributed by atoms with van der Waals surface area (Å²) in [5, 5.41) is 3.73. The lowest BCUT2D eigenvalue weighted by Gasteiger charge is -2.12. The minimum absolute atomic E-state index is 0.145. The van der Waals surface area contributed by atoms with Gasteiger partial charge in [0.1, 0.15) is 22.6 Å². The van der Waals surface area contributed by atoms with Gasteiger partial charge in [-0.1, -0.05) is 30.7 Å². The Bertz CT molecular complexity index is 648. The van der Waals surface area contributed by atoms with Crippen molar-refractivity contribution in [1.82, 2.24) is 9.97 Å². The van der Waals surface area contributed by atoms with Crippen LogP contribution in [0.4, 0.5) is 10.2 Å². The summed E-state index contributed by atoms with van der Waals surface area (Å²) in [5.74, 6) is 1.29. The van der Waals surface area contributed by atoms with Crippen LogP contribution >= 0.6 is 11.6 Å². The van der Waals surface area contributed by atoms with Crippen molar-refractivity contribution in [3.05, 3.63) is 51.2 Å². The maximum Gasteiger partial charge on any atom is 0.137 e. The highest BCUT2D eigenvalue weighted by atomic mass is 35.5. The molecule has 0 spiro atoms. The first-order valence-corrected chi connectivity index (χ1v) is 7.32. The van der Waals surface area contributed by atoms with Crippen LogP contribution in [-0.4, -0.2) is 9.97 Å². The standard InChI is InChI=1S/C16H19ClFN3/c1-5-13-20-15(17)11(4)16(21-13)19-8-12-6-9(2)14(18)10(3)7-12/h6-7H,5,8H2,1-4H3,(H,19,20,21). The molecule has 0 unspecified atom stereocenters. The number of aromatic nitrogens is 2. The minimum atomic E-state index is -0.145. The monoisotopic (exact) mass is 307 g/mol. The third-order valence-electron chi connectivity index (χ3n) is 3.41. The largest absolute Gasteiger partial charge is 0.366 e. The molecule has 112 valence electrons. The van der Waals surface area contributed by atoms with Crippen molar-refractivity contribution in [3.63, 3.8) is 0 Å². The van der Waals surface area contributed by atoms with Gasteiger partial charge < -0.3 is 5.32 Å². The second kappa shape index (κ2) is 6.39. The van der Waals surface area contributed by atoms with Crippen molar-refractivity contribution >= 4 is 17.4 Å². The number of nitrogens with zero attached hydrogens (tertiary/aromatic N) is 2. The average Bonchev–Trinajstić information content (AvgIpc) is 2.45. The summed E-state index contributed by atoms with van der Waals surface area (Å²) in [7, 11) is 0. The van der Waals surface area contributed by atoms with Crippen molar-refractivity contribution in [3.8, 4) is 0 Å².